The molecule has 6 nitrogen and oxygen atoms in total. The number of benzene rings is 1. The molecule has 0 atom stereocenters. The van der Waals surface area contributed by atoms with Crippen molar-refractivity contribution in [3.63, 3.8) is 0 Å². The number of nitrogens with zero attached hydrogens (tertiary/aromatic N) is 3. The first-order valence-corrected chi connectivity index (χ1v) is 7.47. The number of rotatable bonds is 5. The fourth-order valence-electron chi connectivity index (χ4n) is 2.32. The fourth-order valence-corrected chi connectivity index (χ4v) is 2.32. The van der Waals surface area contributed by atoms with Gasteiger partial charge < -0.3 is 10.2 Å². The van der Waals surface area contributed by atoms with Crippen LogP contribution in [0.1, 0.15) is 25.3 Å². The van der Waals surface area contributed by atoms with Crippen LogP contribution in [0.3, 0.4) is 0 Å². The fraction of sp³-hybridized carbons (Fsp3) is 0.438. The third-order valence-corrected chi connectivity index (χ3v) is 3.51. The Morgan fingerprint density at radius 2 is 2.00 bits per heavy atom. The molecule has 1 aromatic rings. The van der Waals surface area contributed by atoms with Crippen molar-refractivity contribution >= 4 is 11.6 Å². The number of likely N-dealkylation sites (tertiary alicyclic amines) is 1. The van der Waals surface area contributed by atoms with Gasteiger partial charge in [-0.15, -0.1) is 0 Å². The Morgan fingerprint density at radius 3 is 2.55 bits per heavy atom. The second-order valence-corrected chi connectivity index (χ2v) is 5.57. The van der Waals surface area contributed by atoms with Crippen molar-refractivity contribution in [3.05, 3.63) is 52.1 Å². The average molecular weight is 302 g/mol. The summed E-state index contributed by atoms with van der Waals surface area (Å²) in [6.45, 7) is 9.12. The summed E-state index contributed by atoms with van der Waals surface area (Å²) >= 11 is 0. The van der Waals surface area contributed by atoms with Crippen LogP contribution >= 0.6 is 0 Å². The van der Waals surface area contributed by atoms with Crippen molar-refractivity contribution in [2.24, 2.45) is 4.99 Å². The standard InChI is InChI=1S/C16H22N4O2/c1-13(2)11-17-16(19-9-3-4-10-19)18-12-14-5-7-15(8-6-14)20(21)22/h5-8H,1,3-4,9-12H2,2H3,(H,17,18). The molecule has 22 heavy (non-hydrogen) atoms. The normalized spacial score (nSPS) is 15.0. The van der Waals surface area contributed by atoms with Crippen LogP contribution in [0.5, 0.6) is 0 Å². The molecule has 0 saturated carbocycles. The van der Waals surface area contributed by atoms with Gasteiger partial charge in [-0.1, -0.05) is 24.3 Å². The van der Waals surface area contributed by atoms with Crippen LogP contribution in [0.25, 0.3) is 0 Å². The third kappa shape index (κ3) is 4.58. The van der Waals surface area contributed by atoms with Gasteiger partial charge in [-0.3, -0.25) is 10.1 Å². The summed E-state index contributed by atoms with van der Waals surface area (Å²) in [7, 11) is 0. The first-order chi connectivity index (χ1) is 10.6. The number of nitro groups is 1. The number of hydrogen-bond donors (Lipinski definition) is 1. The molecule has 1 heterocycles. The van der Waals surface area contributed by atoms with Crippen LogP contribution in [-0.4, -0.2) is 35.4 Å². The molecule has 0 aliphatic carbocycles. The van der Waals surface area contributed by atoms with Crippen LogP contribution in [0.4, 0.5) is 5.69 Å². The van der Waals surface area contributed by atoms with Crippen molar-refractivity contribution in [1.82, 2.24) is 10.2 Å². The average Bonchev–Trinajstić information content (AvgIpc) is 3.01. The lowest BCUT2D eigenvalue weighted by molar-refractivity contribution is -0.384. The summed E-state index contributed by atoms with van der Waals surface area (Å²) in [6, 6.07) is 6.54. The quantitative estimate of drug-likeness (QED) is 0.298. The minimum Gasteiger partial charge on any atom is -0.353 e. The smallest absolute Gasteiger partial charge is 0.269 e. The maximum atomic E-state index is 10.7. The van der Waals surface area contributed by atoms with Gasteiger partial charge in [0.05, 0.1) is 11.5 Å². The summed E-state index contributed by atoms with van der Waals surface area (Å²) in [5, 5.41) is 14.0. The van der Waals surface area contributed by atoms with E-state index in [2.05, 4.69) is 21.8 Å². The number of aliphatic imine (C=N–C) groups is 1. The van der Waals surface area contributed by atoms with Gasteiger partial charge in [0.2, 0.25) is 0 Å². The van der Waals surface area contributed by atoms with E-state index in [1.807, 2.05) is 6.92 Å². The van der Waals surface area contributed by atoms with Gasteiger partial charge in [0.1, 0.15) is 0 Å². The summed E-state index contributed by atoms with van der Waals surface area (Å²) < 4.78 is 0. The maximum absolute atomic E-state index is 10.7. The van der Waals surface area contributed by atoms with Crippen LogP contribution in [-0.2, 0) is 6.54 Å². The topological polar surface area (TPSA) is 70.8 Å². The Bertz CT molecular complexity index is 560. The lowest BCUT2D eigenvalue weighted by Crippen LogP contribution is -2.40. The first-order valence-electron chi connectivity index (χ1n) is 7.47. The third-order valence-electron chi connectivity index (χ3n) is 3.51. The van der Waals surface area contributed by atoms with Crippen molar-refractivity contribution < 1.29 is 4.92 Å². The monoisotopic (exact) mass is 302 g/mol. The largest absolute Gasteiger partial charge is 0.353 e. The minimum absolute atomic E-state index is 0.105. The number of nitrogens with one attached hydrogen (secondary N) is 1. The lowest BCUT2D eigenvalue weighted by Gasteiger charge is -2.21. The zero-order valence-corrected chi connectivity index (χ0v) is 12.9. The molecule has 6 heteroatoms. The molecule has 0 unspecified atom stereocenters. The Kier molecular flexibility index (Phi) is 5.52. The van der Waals surface area contributed by atoms with Crippen molar-refractivity contribution in [3.8, 4) is 0 Å². The van der Waals surface area contributed by atoms with E-state index in [9.17, 15) is 10.1 Å². The summed E-state index contributed by atoms with van der Waals surface area (Å²) in [5.74, 6) is 0.888. The molecule has 1 aromatic carbocycles. The molecule has 0 spiro atoms. The van der Waals surface area contributed by atoms with E-state index < -0.39 is 4.92 Å². The molecule has 2 rings (SSSR count). The van der Waals surface area contributed by atoms with E-state index in [1.54, 1.807) is 12.1 Å². The molecule has 1 saturated heterocycles. The van der Waals surface area contributed by atoms with Gasteiger partial charge in [-0.25, -0.2) is 4.99 Å². The highest BCUT2D eigenvalue weighted by Crippen LogP contribution is 2.13. The second kappa shape index (κ2) is 7.59. The van der Waals surface area contributed by atoms with Crippen LogP contribution in [0.2, 0.25) is 0 Å². The Balaban J connectivity index is 2.04. The molecule has 0 radical (unpaired) electrons. The first kappa shape index (κ1) is 16.0. The summed E-state index contributed by atoms with van der Waals surface area (Å²) in [5.41, 5.74) is 2.12. The van der Waals surface area contributed by atoms with Gasteiger partial charge in [0.25, 0.3) is 5.69 Å². The van der Waals surface area contributed by atoms with E-state index in [4.69, 9.17) is 0 Å². The number of non-ortho nitro benzene ring substituents is 1. The zero-order chi connectivity index (χ0) is 15.9. The van der Waals surface area contributed by atoms with E-state index in [1.165, 1.54) is 25.0 Å². The van der Waals surface area contributed by atoms with Crippen LogP contribution in [0, 0.1) is 10.1 Å². The van der Waals surface area contributed by atoms with E-state index >= 15 is 0 Å². The van der Waals surface area contributed by atoms with Crippen molar-refractivity contribution in [2.45, 2.75) is 26.3 Å². The van der Waals surface area contributed by atoms with E-state index in [0.29, 0.717) is 13.1 Å². The van der Waals surface area contributed by atoms with Crippen molar-refractivity contribution in [2.75, 3.05) is 19.6 Å². The van der Waals surface area contributed by atoms with Crippen LogP contribution in [0.15, 0.2) is 41.4 Å². The van der Waals surface area contributed by atoms with Gasteiger partial charge >= 0.3 is 0 Å². The predicted molar refractivity (Wildman–Crippen MR) is 87.9 cm³/mol. The highest BCUT2D eigenvalue weighted by molar-refractivity contribution is 5.80. The summed E-state index contributed by atoms with van der Waals surface area (Å²) in [4.78, 5) is 17.1. The maximum Gasteiger partial charge on any atom is 0.269 e. The molecule has 118 valence electrons. The second-order valence-electron chi connectivity index (χ2n) is 5.57. The molecule has 1 aliphatic heterocycles. The predicted octanol–water partition coefficient (Wildman–Crippen LogP) is 2.71. The lowest BCUT2D eigenvalue weighted by atomic mass is 10.2. The highest BCUT2D eigenvalue weighted by Gasteiger charge is 2.15. The zero-order valence-electron chi connectivity index (χ0n) is 12.9. The Morgan fingerprint density at radius 1 is 1.36 bits per heavy atom. The SMILES string of the molecule is C=C(C)CNC(=NCc1ccc([N+](=O)[O-])cc1)N1CCCC1. The molecule has 1 fully saturated rings. The summed E-state index contributed by atoms with van der Waals surface area (Å²) in [6.07, 6.45) is 2.37. The van der Waals surface area contributed by atoms with Gasteiger partial charge in [0, 0.05) is 31.8 Å². The Labute approximate surface area is 130 Å². The molecular weight excluding hydrogens is 280 g/mol. The number of hydrogen-bond acceptors (Lipinski definition) is 3. The molecule has 0 bridgehead atoms. The number of guanidine groups is 1. The van der Waals surface area contributed by atoms with Gasteiger partial charge in [-0.05, 0) is 25.3 Å². The van der Waals surface area contributed by atoms with E-state index in [0.717, 1.165) is 30.2 Å². The molecular formula is C16H22N4O2. The van der Waals surface area contributed by atoms with Crippen LogP contribution < -0.4 is 5.32 Å². The van der Waals surface area contributed by atoms with Crippen molar-refractivity contribution in [1.29, 1.82) is 0 Å². The molecule has 1 N–H and O–H groups in total. The van der Waals surface area contributed by atoms with Gasteiger partial charge in [-0.2, -0.15) is 0 Å². The minimum atomic E-state index is -0.392. The van der Waals surface area contributed by atoms with E-state index in [-0.39, 0.29) is 5.69 Å². The highest BCUT2D eigenvalue weighted by atomic mass is 16.6. The molecule has 1 aliphatic rings. The van der Waals surface area contributed by atoms with Gasteiger partial charge in [0.15, 0.2) is 5.96 Å². The number of nitro benzene ring substituents is 1. The molecule has 0 aromatic heterocycles. The Hall–Kier alpha value is -2.37. The molecule has 0 amide bonds.